The molecule has 2 aromatic rings. The molecule has 0 fully saturated rings. The lowest BCUT2D eigenvalue weighted by Crippen LogP contribution is -2.09. The largest absolute Gasteiger partial charge is 0.385 e. The highest BCUT2D eigenvalue weighted by Gasteiger charge is 2.19. The highest BCUT2D eigenvalue weighted by atomic mass is 16.3. The fourth-order valence-corrected chi connectivity index (χ4v) is 1.67. The summed E-state index contributed by atoms with van der Waals surface area (Å²) in [7, 11) is 0. The zero-order valence-corrected chi connectivity index (χ0v) is 8.82. The smallest absolute Gasteiger partial charge is 0.109 e. The van der Waals surface area contributed by atoms with E-state index >= 15 is 0 Å². The van der Waals surface area contributed by atoms with Crippen LogP contribution in [0.15, 0.2) is 60.7 Å². The van der Waals surface area contributed by atoms with Crippen LogP contribution in [0.5, 0.6) is 0 Å². The average Bonchev–Trinajstić information content (AvgIpc) is 2.39. The molecule has 2 heteroatoms. The molecule has 82 valence electrons. The number of aliphatic hydroxyl groups excluding tert-OH is 2. The Hall–Kier alpha value is -1.64. The van der Waals surface area contributed by atoms with Crippen molar-refractivity contribution in [1.82, 2.24) is 0 Å². The molecule has 0 bridgehead atoms. The van der Waals surface area contributed by atoms with Crippen LogP contribution in [0.2, 0.25) is 0 Å². The van der Waals surface area contributed by atoms with Gasteiger partial charge in [-0.05, 0) is 11.1 Å². The number of rotatable bonds is 3. The van der Waals surface area contributed by atoms with E-state index in [2.05, 4.69) is 0 Å². The summed E-state index contributed by atoms with van der Waals surface area (Å²) in [5.41, 5.74) is 1.44. The first kappa shape index (κ1) is 10.9. The van der Waals surface area contributed by atoms with E-state index in [0.29, 0.717) is 0 Å². The van der Waals surface area contributed by atoms with Crippen molar-refractivity contribution in [3.8, 4) is 0 Å². The van der Waals surface area contributed by atoms with E-state index in [1.807, 2.05) is 36.4 Å². The van der Waals surface area contributed by atoms with Crippen LogP contribution in [0, 0.1) is 0 Å². The van der Waals surface area contributed by atoms with Crippen molar-refractivity contribution in [2.24, 2.45) is 0 Å². The second-order valence-corrected chi connectivity index (χ2v) is 3.71. The molecule has 2 rings (SSSR count). The van der Waals surface area contributed by atoms with Crippen molar-refractivity contribution < 1.29 is 10.2 Å². The van der Waals surface area contributed by atoms with Gasteiger partial charge in [0.15, 0.2) is 0 Å². The Balaban J connectivity index is 2.20. The van der Waals surface area contributed by atoms with Crippen LogP contribution in [0.25, 0.3) is 0 Å². The second kappa shape index (κ2) is 4.92. The van der Waals surface area contributed by atoms with Gasteiger partial charge in [-0.15, -0.1) is 0 Å². The van der Waals surface area contributed by atoms with Gasteiger partial charge in [-0.1, -0.05) is 60.7 Å². The number of hydrogen-bond acceptors (Lipinski definition) is 2. The monoisotopic (exact) mass is 214 g/mol. The summed E-state index contributed by atoms with van der Waals surface area (Å²) in [5.74, 6) is 0. The lowest BCUT2D eigenvalue weighted by Gasteiger charge is -2.18. The zero-order chi connectivity index (χ0) is 11.4. The Morgan fingerprint density at radius 1 is 0.562 bits per heavy atom. The normalized spacial score (nSPS) is 14.4. The second-order valence-electron chi connectivity index (χ2n) is 3.71. The van der Waals surface area contributed by atoms with E-state index in [-0.39, 0.29) is 0 Å². The van der Waals surface area contributed by atoms with Gasteiger partial charge in [0, 0.05) is 0 Å². The van der Waals surface area contributed by atoms with E-state index in [9.17, 15) is 10.2 Å². The number of benzene rings is 2. The van der Waals surface area contributed by atoms with Gasteiger partial charge >= 0.3 is 0 Å². The molecule has 0 saturated heterocycles. The fourth-order valence-electron chi connectivity index (χ4n) is 1.67. The van der Waals surface area contributed by atoms with Crippen LogP contribution >= 0.6 is 0 Å². The number of hydrogen-bond donors (Lipinski definition) is 2. The Bertz CT molecular complexity index is 382. The summed E-state index contributed by atoms with van der Waals surface area (Å²) in [4.78, 5) is 0. The van der Waals surface area contributed by atoms with Crippen molar-refractivity contribution in [2.45, 2.75) is 12.2 Å². The van der Waals surface area contributed by atoms with Crippen LogP contribution in [0.1, 0.15) is 23.3 Å². The predicted octanol–water partition coefficient (Wildman–Crippen LogP) is 2.45. The summed E-state index contributed by atoms with van der Waals surface area (Å²) in [5, 5.41) is 20.0. The molecule has 2 nitrogen and oxygen atoms in total. The van der Waals surface area contributed by atoms with Crippen LogP contribution < -0.4 is 0 Å². The van der Waals surface area contributed by atoms with Gasteiger partial charge in [-0.3, -0.25) is 0 Å². The van der Waals surface area contributed by atoms with E-state index in [1.165, 1.54) is 0 Å². The minimum Gasteiger partial charge on any atom is -0.385 e. The zero-order valence-electron chi connectivity index (χ0n) is 8.82. The summed E-state index contributed by atoms with van der Waals surface area (Å²) in [6, 6.07) is 18.3. The summed E-state index contributed by atoms with van der Waals surface area (Å²) in [6.07, 6.45) is -1.77. The van der Waals surface area contributed by atoms with Crippen LogP contribution in [-0.4, -0.2) is 10.2 Å². The van der Waals surface area contributed by atoms with Gasteiger partial charge < -0.3 is 10.2 Å². The van der Waals surface area contributed by atoms with Gasteiger partial charge in [0.05, 0.1) is 0 Å². The Kier molecular flexibility index (Phi) is 3.34. The van der Waals surface area contributed by atoms with Crippen molar-refractivity contribution >= 4 is 0 Å². The maximum Gasteiger partial charge on any atom is 0.109 e. The minimum absolute atomic E-state index is 0.721. The fraction of sp³-hybridized carbons (Fsp3) is 0.143. The highest BCUT2D eigenvalue weighted by Crippen LogP contribution is 2.27. The minimum atomic E-state index is -0.886. The van der Waals surface area contributed by atoms with E-state index < -0.39 is 12.2 Å². The van der Waals surface area contributed by atoms with Crippen molar-refractivity contribution in [1.29, 1.82) is 0 Å². The third-order valence-electron chi connectivity index (χ3n) is 2.58. The Labute approximate surface area is 94.8 Å². The lowest BCUT2D eigenvalue weighted by molar-refractivity contribution is 0.0172. The van der Waals surface area contributed by atoms with Gasteiger partial charge in [0.2, 0.25) is 0 Å². The average molecular weight is 214 g/mol. The van der Waals surface area contributed by atoms with Crippen molar-refractivity contribution in [2.75, 3.05) is 0 Å². The predicted molar refractivity (Wildman–Crippen MR) is 62.8 cm³/mol. The molecular formula is C14H14O2. The molecule has 0 aliphatic heterocycles. The first-order valence-corrected chi connectivity index (χ1v) is 5.25. The molecule has 16 heavy (non-hydrogen) atoms. The summed E-state index contributed by atoms with van der Waals surface area (Å²) >= 11 is 0. The summed E-state index contributed by atoms with van der Waals surface area (Å²) in [6.45, 7) is 0. The van der Waals surface area contributed by atoms with Crippen molar-refractivity contribution in [3.63, 3.8) is 0 Å². The maximum absolute atomic E-state index is 9.99. The van der Waals surface area contributed by atoms with Gasteiger partial charge in [-0.25, -0.2) is 0 Å². The topological polar surface area (TPSA) is 40.5 Å². The van der Waals surface area contributed by atoms with Gasteiger partial charge in [-0.2, -0.15) is 0 Å². The number of aliphatic hydroxyl groups is 2. The van der Waals surface area contributed by atoms with E-state index in [4.69, 9.17) is 0 Å². The SMILES string of the molecule is O[C@H](c1ccccc1)[C@@H](O)c1ccccc1. The van der Waals surface area contributed by atoms with Crippen LogP contribution in [0.3, 0.4) is 0 Å². The van der Waals surface area contributed by atoms with Gasteiger partial charge in [0.1, 0.15) is 12.2 Å². The molecule has 2 aromatic carbocycles. The Morgan fingerprint density at radius 2 is 0.875 bits per heavy atom. The molecule has 0 amide bonds. The molecule has 2 N–H and O–H groups in total. The van der Waals surface area contributed by atoms with Gasteiger partial charge in [0.25, 0.3) is 0 Å². The maximum atomic E-state index is 9.99. The molecule has 0 spiro atoms. The molecule has 2 atom stereocenters. The molecule has 0 radical (unpaired) electrons. The molecule has 0 unspecified atom stereocenters. The first-order valence-electron chi connectivity index (χ1n) is 5.25. The Morgan fingerprint density at radius 3 is 1.19 bits per heavy atom. The molecule has 0 aliphatic carbocycles. The molecule has 0 aromatic heterocycles. The van der Waals surface area contributed by atoms with Crippen LogP contribution in [0.4, 0.5) is 0 Å². The van der Waals surface area contributed by atoms with Crippen molar-refractivity contribution in [3.05, 3.63) is 71.8 Å². The molecule has 0 heterocycles. The van der Waals surface area contributed by atoms with E-state index in [0.717, 1.165) is 11.1 Å². The molecule has 0 saturated carbocycles. The highest BCUT2D eigenvalue weighted by molar-refractivity contribution is 5.24. The molecule has 0 aliphatic rings. The van der Waals surface area contributed by atoms with Crippen LogP contribution in [-0.2, 0) is 0 Å². The quantitative estimate of drug-likeness (QED) is 0.824. The first-order chi connectivity index (χ1) is 7.79. The molecular weight excluding hydrogens is 200 g/mol. The third kappa shape index (κ3) is 2.30. The standard InChI is InChI=1S/C14H14O2/c15-13(11-7-3-1-4-8-11)14(16)12-9-5-2-6-10-12/h1-10,13-16H/t13-,14+. The summed E-state index contributed by atoms with van der Waals surface area (Å²) < 4.78 is 0. The van der Waals surface area contributed by atoms with E-state index in [1.54, 1.807) is 24.3 Å². The third-order valence-corrected chi connectivity index (χ3v) is 2.58. The lowest BCUT2D eigenvalue weighted by atomic mass is 9.99.